The van der Waals surface area contributed by atoms with Crippen LogP contribution in [-0.4, -0.2) is 41.8 Å². The number of alkyl halides is 3. The molecule has 110 valence electrons. The number of halogens is 3. The first kappa shape index (κ1) is 14.4. The van der Waals surface area contributed by atoms with Crippen LogP contribution in [0.2, 0.25) is 0 Å². The largest absolute Gasteiger partial charge is 0.409 e. The number of hydrogen-bond acceptors (Lipinski definition) is 3. The van der Waals surface area contributed by atoms with E-state index in [4.69, 9.17) is 10.9 Å². The Balaban J connectivity index is 1.97. The fraction of sp³-hybridized carbons (Fsp3) is 0.917. The highest BCUT2D eigenvalue weighted by Gasteiger charge is 2.44. The first-order chi connectivity index (χ1) is 8.90. The van der Waals surface area contributed by atoms with Gasteiger partial charge in [-0.25, -0.2) is 0 Å². The molecule has 1 atom stereocenters. The van der Waals surface area contributed by atoms with Crippen molar-refractivity contribution in [2.75, 3.05) is 19.6 Å². The summed E-state index contributed by atoms with van der Waals surface area (Å²) in [7, 11) is 0. The van der Waals surface area contributed by atoms with Crippen LogP contribution in [0.25, 0.3) is 0 Å². The van der Waals surface area contributed by atoms with Crippen LogP contribution in [-0.2, 0) is 0 Å². The molecule has 2 fully saturated rings. The van der Waals surface area contributed by atoms with Crippen LogP contribution in [0.5, 0.6) is 0 Å². The van der Waals surface area contributed by atoms with E-state index in [1.807, 2.05) is 4.90 Å². The maximum atomic E-state index is 12.9. The van der Waals surface area contributed by atoms with E-state index in [0.29, 0.717) is 24.9 Å². The standard InChI is InChI=1S/C12H20F3N3O/c13-12(14,15)10(11(16)17-19)7-18(5-8-1-2-8)6-9-3-4-9/h8-10,19H,1-7H2,(H2,16,17). The van der Waals surface area contributed by atoms with Crippen LogP contribution < -0.4 is 5.73 Å². The number of nitrogens with zero attached hydrogens (tertiary/aromatic N) is 2. The van der Waals surface area contributed by atoms with Crippen molar-refractivity contribution in [1.82, 2.24) is 4.90 Å². The van der Waals surface area contributed by atoms with Crippen molar-refractivity contribution in [2.24, 2.45) is 28.6 Å². The summed E-state index contributed by atoms with van der Waals surface area (Å²) in [5, 5.41) is 11.1. The maximum Gasteiger partial charge on any atom is 0.400 e. The Morgan fingerprint density at radius 2 is 1.68 bits per heavy atom. The minimum atomic E-state index is -4.47. The molecular formula is C12H20F3N3O. The minimum Gasteiger partial charge on any atom is -0.409 e. The molecule has 2 aliphatic rings. The summed E-state index contributed by atoms with van der Waals surface area (Å²) in [6.45, 7) is 1.19. The fourth-order valence-corrected chi connectivity index (χ4v) is 2.25. The Kier molecular flexibility index (Phi) is 4.23. The lowest BCUT2D eigenvalue weighted by Crippen LogP contribution is -2.45. The van der Waals surface area contributed by atoms with Crippen molar-refractivity contribution in [3.05, 3.63) is 0 Å². The normalized spacial score (nSPS) is 22.8. The smallest absolute Gasteiger partial charge is 0.400 e. The van der Waals surface area contributed by atoms with Crippen LogP contribution >= 0.6 is 0 Å². The first-order valence-corrected chi connectivity index (χ1v) is 6.66. The van der Waals surface area contributed by atoms with Gasteiger partial charge in [-0.2, -0.15) is 13.2 Å². The second kappa shape index (κ2) is 5.56. The van der Waals surface area contributed by atoms with Gasteiger partial charge in [-0.1, -0.05) is 5.16 Å². The van der Waals surface area contributed by atoms with Gasteiger partial charge in [-0.15, -0.1) is 0 Å². The lowest BCUT2D eigenvalue weighted by molar-refractivity contribution is -0.160. The van der Waals surface area contributed by atoms with E-state index in [1.54, 1.807) is 0 Å². The van der Waals surface area contributed by atoms with Gasteiger partial charge in [-0.05, 0) is 37.5 Å². The third-order valence-corrected chi connectivity index (χ3v) is 3.74. The average molecular weight is 279 g/mol. The molecule has 1 unspecified atom stereocenters. The molecule has 0 spiro atoms. The zero-order valence-electron chi connectivity index (χ0n) is 10.7. The van der Waals surface area contributed by atoms with Gasteiger partial charge in [0.05, 0.1) is 0 Å². The Bertz CT molecular complexity index is 324. The summed E-state index contributed by atoms with van der Waals surface area (Å²) in [5.41, 5.74) is 5.20. The van der Waals surface area contributed by atoms with Crippen molar-refractivity contribution in [3.8, 4) is 0 Å². The monoisotopic (exact) mass is 279 g/mol. The summed E-state index contributed by atoms with van der Waals surface area (Å²) >= 11 is 0. The average Bonchev–Trinajstić information content (AvgIpc) is 3.18. The van der Waals surface area contributed by atoms with Gasteiger partial charge in [0.25, 0.3) is 0 Å². The highest BCUT2D eigenvalue weighted by molar-refractivity contribution is 5.83. The predicted molar refractivity (Wildman–Crippen MR) is 64.8 cm³/mol. The quantitative estimate of drug-likeness (QED) is 0.324. The SMILES string of the molecule is NC(=NO)C(CN(CC1CC1)CC1CC1)C(F)(F)F. The molecule has 0 aliphatic heterocycles. The highest BCUT2D eigenvalue weighted by Crippen LogP contribution is 2.35. The Morgan fingerprint density at radius 3 is 2.00 bits per heavy atom. The molecule has 2 rings (SSSR count). The Morgan fingerprint density at radius 1 is 1.21 bits per heavy atom. The van der Waals surface area contributed by atoms with E-state index < -0.39 is 17.9 Å². The fourth-order valence-electron chi connectivity index (χ4n) is 2.25. The van der Waals surface area contributed by atoms with Crippen molar-refractivity contribution in [1.29, 1.82) is 0 Å². The molecule has 0 aromatic rings. The zero-order valence-corrected chi connectivity index (χ0v) is 10.7. The predicted octanol–water partition coefficient (Wildman–Crippen LogP) is 2.03. The third-order valence-electron chi connectivity index (χ3n) is 3.74. The van der Waals surface area contributed by atoms with Gasteiger partial charge in [0.2, 0.25) is 0 Å². The summed E-state index contributed by atoms with van der Waals surface area (Å²) in [6.07, 6.45) is -0.0760. The van der Waals surface area contributed by atoms with Crippen LogP contribution in [0.3, 0.4) is 0 Å². The van der Waals surface area contributed by atoms with Crippen LogP contribution in [0.4, 0.5) is 13.2 Å². The van der Waals surface area contributed by atoms with Gasteiger partial charge < -0.3 is 15.8 Å². The van der Waals surface area contributed by atoms with Crippen molar-refractivity contribution in [3.63, 3.8) is 0 Å². The zero-order chi connectivity index (χ0) is 14.0. The van der Waals surface area contributed by atoms with E-state index in [-0.39, 0.29) is 6.54 Å². The highest BCUT2D eigenvalue weighted by atomic mass is 19.4. The molecule has 19 heavy (non-hydrogen) atoms. The Labute approximate surface area is 110 Å². The summed E-state index contributed by atoms with van der Waals surface area (Å²) in [4.78, 5) is 1.84. The molecule has 2 aliphatic carbocycles. The molecule has 3 N–H and O–H groups in total. The number of hydrogen-bond donors (Lipinski definition) is 2. The molecule has 0 saturated heterocycles. The lowest BCUT2D eigenvalue weighted by atomic mass is 10.1. The van der Waals surface area contributed by atoms with Crippen molar-refractivity contribution in [2.45, 2.75) is 31.9 Å². The van der Waals surface area contributed by atoms with E-state index in [1.165, 1.54) is 0 Å². The summed E-state index contributed by atoms with van der Waals surface area (Å²) in [5.74, 6) is -1.57. The van der Waals surface area contributed by atoms with Gasteiger partial charge >= 0.3 is 6.18 Å². The minimum absolute atomic E-state index is 0.202. The maximum absolute atomic E-state index is 12.9. The molecule has 0 heterocycles. The second-order valence-corrected chi connectivity index (χ2v) is 5.72. The molecule has 7 heteroatoms. The van der Waals surface area contributed by atoms with E-state index >= 15 is 0 Å². The molecule has 4 nitrogen and oxygen atoms in total. The van der Waals surface area contributed by atoms with Gasteiger partial charge in [0.15, 0.2) is 5.84 Å². The van der Waals surface area contributed by atoms with Gasteiger partial charge in [-0.3, -0.25) is 0 Å². The molecule has 2 saturated carbocycles. The molecule has 0 aromatic heterocycles. The topological polar surface area (TPSA) is 61.9 Å². The number of nitrogens with two attached hydrogens (primary N) is 1. The van der Waals surface area contributed by atoms with Gasteiger partial charge in [0.1, 0.15) is 5.92 Å². The van der Waals surface area contributed by atoms with Crippen LogP contribution in [0.15, 0.2) is 5.16 Å². The third kappa shape index (κ3) is 4.56. The Hall–Kier alpha value is -0.980. The van der Waals surface area contributed by atoms with Crippen molar-refractivity contribution < 1.29 is 18.4 Å². The summed E-state index contributed by atoms with van der Waals surface area (Å²) in [6, 6.07) is 0. The van der Waals surface area contributed by atoms with Gasteiger partial charge in [0, 0.05) is 19.6 Å². The van der Waals surface area contributed by atoms with E-state index in [9.17, 15) is 13.2 Å². The molecule has 0 radical (unpaired) electrons. The van der Waals surface area contributed by atoms with Crippen molar-refractivity contribution >= 4 is 5.84 Å². The summed E-state index contributed by atoms with van der Waals surface area (Å²) < 4.78 is 38.8. The lowest BCUT2D eigenvalue weighted by Gasteiger charge is -2.28. The van der Waals surface area contributed by atoms with E-state index in [0.717, 1.165) is 25.7 Å². The van der Waals surface area contributed by atoms with Crippen LogP contribution in [0.1, 0.15) is 25.7 Å². The van der Waals surface area contributed by atoms with E-state index in [2.05, 4.69) is 5.16 Å². The van der Waals surface area contributed by atoms with Crippen LogP contribution in [0, 0.1) is 17.8 Å². The number of oxime groups is 1. The second-order valence-electron chi connectivity index (χ2n) is 5.72. The molecule has 0 aromatic carbocycles. The first-order valence-electron chi connectivity index (χ1n) is 6.66. The number of amidine groups is 1. The molecular weight excluding hydrogens is 259 g/mol. The number of rotatable bonds is 7. The molecule has 0 amide bonds. The molecule has 0 bridgehead atoms.